The molecule has 1 aromatic carbocycles. The Bertz CT molecular complexity index is 663. The van der Waals surface area contributed by atoms with Crippen molar-refractivity contribution in [1.29, 1.82) is 0 Å². The Balaban J connectivity index is 2.14. The summed E-state index contributed by atoms with van der Waals surface area (Å²) in [5, 5.41) is 3.29. The Labute approximate surface area is 138 Å². The molecule has 1 saturated heterocycles. The van der Waals surface area contributed by atoms with Crippen molar-refractivity contribution < 1.29 is 13.2 Å². The summed E-state index contributed by atoms with van der Waals surface area (Å²) in [5.74, 6) is -0.0638. The first-order valence-corrected chi connectivity index (χ1v) is 9.23. The number of benzene rings is 1. The molecular formula is C16H25N3O3S. The van der Waals surface area contributed by atoms with Crippen molar-refractivity contribution in [3.8, 4) is 0 Å². The van der Waals surface area contributed by atoms with Crippen LogP contribution in [0, 0.1) is 0 Å². The maximum atomic E-state index is 12.5. The number of carbonyl (C=O) groups is 1. The van der Waals surface area contributed by atoms with Gasteiger partial charge >= 0.3 is 0 Å². The molecule has 0 radical (unpaired) electrons. The molecule has 1 heterocycles. The number of rotatable bonds is 3. The summed E-state index contributed by atoms with van der Waals surface area (Å²) in [6.45, 7) is 9.48. The first kappa shape index (κ1) is 17.9. The van der Waals surface area contributed by atoms with E-state index in [2.05, 4.69) is 10.0 Å². The Morgan fingerprint density at radius 2 is 1.87 bits per heavy atom. The van der Waals surface area contributed by atoms with Crippen LogP contribution in [0.2, 0.25) is 0 Å². The molecule has 1 unspecified atom stereocenters. The van der Waals surface area contributed by atoms with Crippen molar-refractivity contribution in [3.05, 3.63) is 29.8 Å². The first-order valence-electron chi connectivity index (χ1n) is 7.75. The Morgan fingerprint density at radius 3 is 2.39 bits per heavy atom. The number of piperazine rings is 1. The predicted octanol–water partition coefficient (Wildman–Crippen LogP) is 1.20. The van der Waals surface area contributed by atoms with E-state index in [-0.39, 0.29) is 16.8 Å². The first-order chi connectivity index (χ1) is 10.6. The fourth-order valence-electron chi connectivity index (χ4n) is 2.54. The third-order valence-electron chi connectivity index (χ3n) is 3.51. The molecule has 0 aliphatic carbocycles. The van der Waals surface area contributed by atoms with E-state index in [1.807, 2.05) is 6.92 Å². The molecule has 7 heteroatoms. The highest BCUT2D eigenvalue weighted by atomic mass is 32.2. The molecule has 2 rings (SSSR count). The van der Waals surface area contributed by atoms with Crippen molar-refractivity contribution in [1.82, 2.24) is 14.9 Å². The van der Waals surface area contributed by atoms with Crippen LogP contribution in [-0.4, -0.2) is 50.4 Å². The number of amides is 1. The fourth-order valence-corrected chi connectivity index (χ4v) is 3.96. The topological polar surface area (TPSA) is 78.5 Å². The summed E-state index contributed by atoms with van der Waals surface area (Å²) >= 11 is 0. The van der Waals surface area contributed by atoms with Crippen LogP contribution in [0.5, 0.6) is 0 Å². The molecule has 23 heavy (non-hydrogen) atoms. The minimum Gasteiger partial charge on any atom is -0.336 e. The SMILES string of the molecule is CC1CN(C(=O)c2ccc(S(=O)(=O)NC(C)(C)C)cc2)CCN1. The third-order valence-corrected chi connectivity index (χ3v) is 5.28. The molecule has 1 fully saturated rings. The fraction of sp³-hybridized carbons (Fsp3) is 0.562. The van der Waals surface area contributed by atoms with E-state index in [1.54, 1.807) is 37.8 Å². The van der Waals surface area contributed by atoms with Gasteiger partial charge in [0, 0.05) is 36.8 Å². The monoisotopic (exact) mass is 339 g/mol. The maximum Gasteiger partial charge on any atom is 0.253 e. The lowest BCUT2D eigenvalue weighted by Crippen LogP contribution is -2.51. The van der Waals surface area contributed by atoms with Crippen LogP contribution in [0.25, 0.3) is 0 Å². The smallest absolute Gasteiger partial charge is 0.253 e. The van der Waals surface area contributed by atoms with E-state index in [4.69, 9.17) is 0 Å². The van der Waals surface area contributed by atoms with Gasteiger partial charge < -0.3 is 10.2 Å². The highest BCUT2D eigenvalue weighted by molar-refractivity contribution is 7.89. The Morgan fingerprint density at radius 1 is 1.26 bits per heavy atom. The van der Waals surface area contributed by atoms with Crippen LogP contribution >= 0.6 is 0 Å². The van der Waals surface area contributed by atoms with Gasteiger partial charge in [-0.05, 0) is 52.0 Å². The number of carbonyl (C=O) groups excluding carboxylic acids is 1. The summed E-state index contributed by atoms with van der Waals surface area (Å²) in [5.41, 5.74) is -0.0432. The molecule has 128 valence electrons. The lowest BCUT2D eigenvalue weighted by molar-refractivity contribution is 0.0709. The Kier molecular flexibility index (Phi) is 5.13. The maximum absolute atomic E-state index is 12.5. The molecule has 0 spiro atoms. The second-order valence-electron chi connectivity index (χ2n) is 6.99. The largest absolute Gasteiger partial charge is 0.336 e. The van der Waals surface area contributed by atoms with Gasteiger partial charge in [-0.3, -0.25) is 4.79 Å². The van der Waals surface area contributed by atoms with E-state index in [9.17, 15) is 13.2 Å². The van der Waals surface area contributed by atoms with E-state index in [1.165, 1.54) is 12.1 Å². The number of nitrogens with zero attached hydrogens (tertiary/aromatic N) is 1. The summed E-state index contributed by atoms with van der Waals surface area (Å²) < 4.78 is 27.1. The normalized spacial score (nSPS) is 19.7. The second kappa shape index (κ2) is 6.59. The molecule has 1 aromatic rings. The van der Waals surface area contributed by atoms with Crippen LogP contribution < -0.4 is 10.0 Å². The van der Waals surface area contributed by atoms with Crippen molar-refractivity contribution in [2.45, 2.75) is 44.2 Å². The highest BCUT2D eigenvalue weighted by Gasteiger charge is 2.24. The van der Waals surface area contributed by atoms with E-state index in [0.29, 0.717) is 18.7 Å². The number of sulfonamides is 1. The van der Waals surface area contributed by atoms with Crippen molar-refractivity contribution >= 4 is 15.9 Å². The van der Waals surface area contributed by atoms with Gasteiger partial charge in [0.05, 0.1) is 4.90 Å². The molecule has 1 atom stereocenters. The molecule has 0 aromatic heterocycles. The van der Waals surface area contributed by atoms with Crippen LogP contribution in [0.4, 0.5) is 0 Å². The molecule has 0 saturated carbocycles. The van der Waals surface area contributed by atoms with Gasteiger partial charge in [0.25, 0.3) is 5.91 Å². The molecular weight excluding hydrogens is 314 g/mol. The summed E-state index contributed by atoms with van der Waals surface area (Å²) in [6, 6.07) is 6.38. The molecule has 0 bridgehead atoms. The zero-order valence-corrected chi connectivity index (χ0v) is 14.9. The minimum absolute atomic E-state index is 0.0638. The highest BCUT2D eigenvalue weighted by Crippen LogP contribution is 2.15. The number of hydrogen-bond acceptors (Lipinski definition) is 4. The van der Waals surface area contributed by atoms with Gasteiger partial charge in [-0.1, -0.05) is 0 Å². The number of nitrogens with one attached hydrogen (secondary N) is 2. The zero-order chi connectivity index (χ0) is 17.3. The van der Waals surface area contributed by atoms with Crippen LogP contribution in [0.3, 0.4) is 0 Å². The van der Waals surface area contributed by atoms with Crippen LogP contribution in [0.15, 0.2) is 29.2 Å². The average molecular weight is 339 g/mol. The number of hydrogen-bond donors (Lipinski definition) is 2. The summed E-state index contributed by atoms with van der Waals surface area (Å²) in [6.07, 6.45) is 0. The lowest BCUT2D eigenvalue weighted by Gasteiger charge is -2.32. The minimum atomic E-state index is -3.58. The third kappa shape index (κ3) is 4.76. The van der Waals surface area contributed by atoms with Gasteiger partial charge in [0.15, 0.2) is 0 Å². The second-order valence-corrected chi connectivity index (χ2v) is 8.67. The quantitative estimate of drug-likeness (QED) is 0.867. The van der Waals surface area contributed by atoms with E-state index in [0.717, 1.165) is 6.54 Å². The molecule has 2 N–H and O–H groups in total. The van der Waals surface area contributed by atoms with E-state index >= 15 is 0 Å². The van der Waals surface area contributed by atoms with Gasteiger partial charge in [-0.15, -0.1) is 0 Å². The van der Waals surface area contributed by atoms with E-state index < -0.39 is 15.6 Å². The summed E-state index contributed by atoms with van der Waals surface area (Å²) in [4.78, 5) is 14.4. The van der Waals surface area contributed by atoms with Gasteiger partial charge in [0.2, 0.25) is 10.0 Å². The van der Waals surface area contributed by atoms with Crippen LogP contribution in [0.1, 0.15) is 38.1 Å². The van der Waals surface area contributed by atoms with Gasteiger partial charge in [-0.2, -0.15) is 0 Å². The van der Waals surface area contributed by atoms with Gasteiger partial charge in [0.1, 0.15) is 0 Å². The van der Waals surface area contributed by atoms with Crippen molar-refractivity contribution in [3.63, 3.8) is 0 Å². The lowest BCUT2D eigenvalue weighted by atomic mass is 10.1. The molecule has 1 aliphatic heterocycles. The molecule has 1 aliphatic rings. The van der Waals surface area contributed by atoms with Crippen molar-refractivity contribution in [2.75, 3.05) is 19.6 Å². The summed E-state index contributed by atoms with van der Waals surface area (Å²) in [7, 11) is -3.58. The van der Waals surface area contributed by atoms with Crippen LogP contribution in [-0.2, 0) is 10.0 Å². The molecule has 6 nitrogen and oxygen atoms in total. The van der Waals surface area contributed by atoms with Gasteiger partial charge in [-0.25, -0.2) is 13.1 Å². The standard InChI is InChI=1S/C16H25N3O3S/c1-12-11-19(10-9-17-12)15(20)13-5-7-14(8-6-13)23(21,22)18-16(2,3)4/h5-8,12,17-18H,9-11H2,1-4H3. The molecule has 1 amide bonds. The van der Waals surface area contributed by atoms with Crippen molar-refractivity contribution in [2.24, 2.45) is 0 Å². The predicted molar refractivity (Wildman–Crippen MR) is 89.9 cm³/mol. The Hall–Kier alpha value is -1.44. The average Bonchev–Trinajstić information content (AvgIpc) is 2.44. The zero-order valence-electron chi connectivity index (χ0n) is 14.1.